The highest BCUT2D eigenvalue weighted by molar-refractivity contribution is 7.12. The Labute approximate surface area is 94.8 Å². The molecule has 0 atom stereocenters. The van der Waals surface area contributed by atoms with Crippen molar-refractivity contribution < 1.29 is 0 Å². The maximum Gasteiger partial charge on any atom is 0.0935 e. The molecule has 15 heavy (non-hydrogen) atoms. The predicted octanol–water partition coefficient (Wildman–Crippen LogP) is 4.07. The van der Waals surface area contributed by atoms with E-state index in [-0.39, 0.29) is 0 Å². The van der Waals surface area contributed by atoms with Crippen molar-refractivity contribution in [1.29, 1.82) is 0 Å². The topological polar surface area (TPSA) is 12.9 Å². The quantitative estimate of drug-likeness (QED) is 0.755. The summed E-state index contributed by atoms with van der Waals surface area (Å²) in [5.74, 6) is 0. The molecule has 1 aromatic carbocycles. The molecule has 1 heterocycles. The third-order valence-electron chi connectivity index (χ3n) is 2.35. The Morgan fingerprint density at radius 1 is 1.20 bits per heavy atom. The van der Waals surface area contributed by atoms with Crippen molar-refractivity contribution in [3.05, 3.63) is 40.2 Å². The van der Waals surface area contributed by atoms with Crippen LogP contribution in [-0.2, 0) is 6.42 Å². The fraction of sp³-hybridized carbons (Fsp3) is 0.308. The second-order valence-corrected chi connectivity index (χ2v) is 4.92. The molecule has 2 rings (SSSR count). The van der Waals surface area contributed by atoms with E-state index in [1.807, 2.05) is 17.4 Å². The molecule has 78 valence electrons. The molecule has 0 aliphatic heterocycles. The normalized spacial score (nSPS) is 10.5. The number of hydrogen-bond acceptors (Lipinski definition) is 2. The molecule has 0 N–H and O–H groups in total. The fourth-order valence-corrected chi connectivity index (χ4v) is 2.69. The Bertz CT molecular complexity index is 431. The van der Waals surface area contributed by atoms with E-state index in [0.717, 1.165) is 12.1 Å². The molecule has 0 aliphatic carbocycles. The van der Waals surface area contributed by atoms with Crippen molar-refractivity contribution in [2.45, 2.75) is 26.7 Å². The number of aromatic nitrogens is 1. The van der Waals surface area contributed by atoms with Gasteiger partial charge in [0.2, 0.25) is 0 Å². The molecular formula is C13H15NS. The minimum Gasteiger partial charge on any atom is -0.241 e. The molecule has 2 aromatic rings. The van der Waals surface area contributed by atoms with E-state index in [4.69, 9.17) is 0 Å². The zero-order valence-corrected chi connectivity index (χ0v) is 9.97. The number of rotatable bonds is 3. The van der Waals surface area contributed by atoms with Crippen LogP contribution in [0.2, 0.25) is 0 Å². The van der Waals surface area contributed by atoms with Gasteiger partial charge in [-0.25, -0.2) is 4.98 Å². The highest BCUT2D eigenvalue weighted by Crippen LogP contribution is 2.27. The van der Waals surface area contributed by atoms with Crippen LogP contribution in [0.5, 0.6) is 0 Å². The molecule has 0 radical (unpaired) electrons. The van der Waals surface area contributed by atoms with Gasteiger partial charge in [0.1, 0.15) is 0 Å². The van der Waals surface area contributed by atoms with Gasteiger partial charge in [-0.15, -0.1) is 11.3 Å². The van der Waals surface area contributed by atoms with E-state index < -0.39 is 0 Å². The van der Waals surface area contributed by atoms with Crippen molar-refractivity contribution in [1.82, 2.24) is 4.98 Å². The van der Waals surface area contributed by atoms with Gasteiger partial charge >= 0.3 is 0 Å². The second-order valence-electron chi connectivity index (χ2n) is 3.63. The summed E-state index contributed by atoms with van der Waals surface area (Å²) in [5.41, 5.74) is 2.39. The number of benzene rings is 1. The lowest BCUT2D eigenvalue weighted by Crippen LogP contribution is -1.82. The second kappa shape index (κ2) is 4.58. The standard InChI is InChI=1S/C13H15NS/c1-3-7-12-14-13(10(2)15-12)11-8-5-4-6-9-11/h4-6,8-9H,3,7H2,1-2H3. The van der Waals surface area contributed by atoms with Crippen LogP contribution in [0.4, 0.5) is 0 Å². The van der Waals surface area contributed by atoms with Gasteiger partial charge in [0.25, 0.3) is 0 Å². The molecule has 0 saturated heterocycles. The van der Waals surface area contributed by atoms with Crippen LogP contribution >= 0.6 is 11.3 Å². The fourth-order valence-electron chi connectivity index (χ4n) is 1.64. The summed E-state index contributed by atoms with van der Waals surface area (Å²) in [6, 6.07) is 10.4. The van der Waals surface area contributed by atoms with Crippen LogP contribution in [-0.4, -0.2) is 4.98 Å². The third-order valence-corrected chi connectivity index (χ3v) is 3.38. The first-order valence-corrected chi connectivity index (χ1v) is 6.14. The molecule has 0 saturated carbocycles. The van der Waals surface area contributed by atoms with E-state index in [1.54, 1.807) is 0 Å². The Hall–Kier alpha value is -1.15. The van der Waals surface area contributed by atoms with Gasteiger partial charge in [0.15, 0.2) is 0 Å². The van der Waals surface area contributed by atoms with Crippen LogP contribution in [0.15, 0.2) is 30.3 Å². The van der Waals surface area contributed by atoms with Gasteiger partial charge in [0.05, 0.1) is 10.7 Å². The van der Waals surface area contributed by atoms with E-state index in [2.05, 4.69) is 43.1 Å². The average molecular weight is 217 g/mol. The zero-order valence-electron chi connectivity index (χ0n) is 9.16. The van der Waals surface area contributed by atoms with Crippen LogP contribution in [0, 0.1) is 6.92 Å². The molecule has 2 heteroatoms. The minimum absolute atomic E-state index is 1.10. The van der Waals surface area contributed by atoms with Gasteiger partial charge in [-0.3, -0.25) is 0 Å². The zero-order chi connectivity index (χ0) is 10.7. The highest BCUT2D eigenvalue weighted by Gasteiger charge is 2.08. The van der Waals surface area contributed by atoms with E-state index in [0.29, 0.717) is 0 Å². The van der Waals surface area contributed by atoms with Crippen LogP contribution < -0.4 is 0 Å². The number of hydrogen-bond donors (Lipinski definition) is 0. The van der Waals surface area contributed by atoms with Gasteiger partial charge < -0.3 is 0 Å². The maximum absolute atomic E-state index is 4.69. The van der Waals surface area contributed by atoms with E-state index in [1.165, 1.54) is 21.9 Å². The SMILES string of the molecule is CCCc1nc(-c2ccccc2)c(C)s1. The van der Waals surface area contributed by atoms with Crippen molar-refractivity contribution in [3.63, 3.8) is 0 Å². The van der Waals surface area contributed by atoms with Gasteiger partial charge in [-0.1, -0.05) is 37.3 Å². The Morgan fingerprint density at radius 2 is 1.93 bits per heavy atom. The Morgan fingerprint density at radius 3 is 2.60 bits per heavy atom. The summed E-state index contributed by atoms with van der Waals surface area (Å²) in [4.78, 5) is 6.01. The van der Waals surface area contributed by atoms with Crippen LogP contribution in [0.1, 0.15) is 23.2 Å². The summed E-state index contributed by atoms with van der Waals surface area (Å²) in [7, 11) is 0. The van der Waals surface area contributed by atoms with Crippen LogP contribution in [0.3, 0.4) is 0 Å². The molecule has 0 spiro atoms. The van der Waals surface area contributed by atoms with Crippen LogP contribution in [0.25, 0.3) is 11.3 Å². The summed E-state index contributed by atoms with van der Waals surface area (Å²) in [6.07, 6.45) is 2.26. The smallest absolute Gasteiger partial charge is 0.0935 e. The molecule has 1 nitrogen and oxygen atoms in total. The first-order valence-electron chi connectivity index (χ1n) is 5.33. The number of nitrogens with zero attached hydrogens (tertiary/aromatic N) is 1. The monoisotopic (exact) mass is 217 g/mol. The molecule has 0 fully saturated rings. The first kappa shape index (κ1) is 10.4. The minimum atomic E-state index is 1.10. The average Bonchev–Trinajstić information content (AvgIpc) is 2.61. The van der Waals surface area contributed by atoms with E-state index >= 15 is 0 Å². The number of thiazole rings is 1. The summed E-state index contributed by atoms with van der Waals surface area (Å²) < 4.78 is 0. The predicted molar refractivity (Wildman–Crippen MR) is 66.3 cm³/mol. The lowest BCUT2D eigenvalue weighted by Gasteiger charge is -1.96. The Kier molecular flexibility index (Phi) is 3.17. The van der Waals surface area contributed by atoms with E-state index in [9.17, 15) is 0 Å². The Balaban J connectivity index is 2.36. The van der Waals surface area contributed by atoms with Gasteiger partial charge in [-0.2, -0.15) is 0 Å². The third kappa shape index (κ3) is 2.26. The van der Waals surface area contributed by atoms with Crippen molar-refractivity contribution in [2.24, 2.45) is 0 Å². The molecule has 1 aromatic heterocycles. The van der Waals surface area contributed by atoms with Gasteiger partial charge in [0, 0.05) is 10.4 Å². The first-order chi connectivity index (χ1) is 7.31. The largest absolute Gasteiger partial charge is 0.241 e. The highest BCUT2D eigenvalue weighted by atomic mass is 32.1. The molecule has 0 amide bonds. The van der Waals surface area contributed by atoms with Crippen molar-refractivity contribution in [3.8, 4) is 11.3 Å². The molecule has 0 bridgehead atoms. The molecule has 0 aliphatic rings. The molecular weight excluding hydrogens is 202 g/mol. The van der Waals surface area contributed by atoms with Crippen molar-refractivity contribution in [2.75, 3.05) is 0 Å². The lowest BCUT2D eigenvalue weighted by atomic mass is 10.1. The maximum atomic E-state index is 4.69. The summed E-state index contributed by atoms with van der Waals surface area (Å²) >= 11 is 1.82. The molecule has 0 unspecified atom stereocenters. The lowest BCUT2D eigenvalue weighted by molar-refractivity contribution is 0.910. The van der Waals surface area contributed by atoms with Gasteiger partial charge in [-0.05, 0) is 19.8 Å². The van der Waals surface area contributed by atoms with Crippen molar-refractivity contribution >= 4 is 11.3 Å². The number of aryl methyl sites for hydroxylation is 2. The summed E-state index contributed by atoms with van der Waals surface area (Å²) in [5, 5.41) is 1.26. The summed E-state index contributed by atoms with van der Waals surface area (Å²) in [6.45, 7) is 4.35.